The van der Waals surface area contributed by atoms with Crippen LogP contribution in [0.15, 0.2) is 24.3 Å². The van der Waals surface area contributed by atoms with E-state index in [9.17, 15) is 14.4 Å². The van der Waals surface area contributed by atoms with Crippen LogP contribution in [0.5, 0.6) is 0 Å². The number of hydrogen-bond acceptors (Lipinski definition) is 3. The van der Waals surface area contributed by atoms with E-state index in [4.69, 9.17) is 0 Å². The lowest BCUT2D eigenvalue weighted by Crippen LogP contribution is -2.32. The van der Waals surface area contributed by atoms with Gasteiger partial charge in [0, 0.05) is 43.2 Å². The normalized spacial score (nSPS) is 21.7. The Hall–Kier alpha value is -2.37. The molecule has 2 atom stereocenters. The van der Waals surface area contributed by atoms with Gasteiger partial charge in [-0.25, -0.2) is 0 Å². The average molecular weight is 343 g/mol. The number of rotatable bonds is 6. The van der Waals surface area contributed by atoms with Gasteiger partial charge >= 0.3 is 0 Å². The van der Waals surface area contributed by atoms with Crippen LogP contribution >= 0.6 is 0 Å². The molecule has 0 bridgehead atoms. The minimum absolute atomic E-state index is 0.0151. The fraction of sp³-hybridized carbons (Fsp3) is 0.526. The molecule has 3 amide bonds. The molecule has 2 aliphatic rings. The highest BCUT2D eigenvalue weighted by atomic mass is 16.2. The van der Waals surface area contributed by atoms with Gasteiger partial charge in [0.05, 0.1) is 0 Å². The first-order chi connectivity index (χ1) is 12.0. The van der Waals surface area contributed by atoms with E-state index in [1.807, 2.05) is 4.90 Å². The zero-order valence-corrected chi connectivity index (χ0v) is 14.6. The number of benzene rings is 1. The van der Waals surface area contributed by atoms with Crippen LogP contribution in [0.2, 0.25) is 0 Å². The molecule has 2 fully saturated rings. The van der Waals surface area contributed by atoms with E-state index in [1.165, 1.54) is 0 Å². The molecule has 2 N–H and O–H groups in total. The highest BCUT2D eigenvalue weighted by molar-refractivity contribution is 5.98. The fourth-order valence-electron chi connectivity index (χ4n) is 3.17. The molecule has 6 heteroatoms. The van der Waals surface area contributed by atoms with Crippen LogP contribution in [0.25, 0.3) is 0 Å². The quantitative estimate of drug-likeness (QED) is 0.829. The lowest BCUT2D eigenvalue weighted by atomic mass is 10.1. The minimum Gasteiger partial charge on any atom is -0.352 e. The molecule has 6 nitrogen and oxygen atoms in total. The van der Waals surface area contributed by atoms with E-state index in [2.05, 4.69) is 17.6 Å². The molecule has 1 saturated carbocycles. The number of nitrogens with zero attached hydrogens (tertiary/aromatic N) is 1. The van der Waals surface area contributed by atoms with E-state index in [0.717, 1.165) is 32.4 Å². The molecule has 0 spiro atoms. The molecule has 0 aromatic heterocycles. The zero-order valence-electron chi connectivity index (χ0n) is 14.6. The maximum absolute atomic E-state index is 12.2. The van der Waals surface area contributed by atoms with Crippen molar-refractivity contribution in [2.75, 3.05) is 25.0 Å². The summed E-state index contributed by atoms with van der Waals surface area (Å²) in [6.45, 7) is 4.03. The van der Waals surface area contributed by atoms with Crippen LogP contribution < -0.4 is 10.6 Å². The van der Waals surface area contributed by atoms with Gasteiger partial charge in [-0.3, -0.25) is 14.4 Å². The van der Waals surface area contributed by atoms with Gasteiger partial charge in [0.2, 0.25) is 11.8 Å². The number of anilines is 1. The third kappa shape index (κ3) is 4.59. The number of amides is 3. The lowest BCUT2D eigenvalue weighted by Gasteiger charge is -2.15. The third-order valence-corrected chi connectivity index (χ3v) is 4.92. The lowest BCUT2D eigenvalue weighted by molar-refractivity contribution is -0.130. The van der Waals surface area contributed by atoms with Crippen LogP contribution in [0.1, 0.15) is 43.0 Å². The van der Waals surface area contributed by atoms with Crippen molar-refractivity contribution in [3.8, 4) is 0 Å². The molecular formula is C19H25N3O3. The van der Waals surface area contributed by atoms with Crippen molar-refractivity contribution in [1.29, 1.82) is 0 Å². The molecule has 1 saturated heterocycles. The SMILES string of the molecule is CC1CC1C(=O)Nc1cccc(C(=O)NCCC(=O)N2CCCC2)c1. The van der Waals surface area contributed by atoms with E-state index in [-0.39, 0.29) is 23.6 Å². The monoisotopic (exact) mass is 343 g/mol. The Balaban J connectivity index is 1.47. The molecule has 1 aliphatic heterocycles. The second-order valence-corrected chi connectivity index (χ2v) is 6.98. The van der Waals surface area contributed by atoms with E-state index in [1.54, 1.807) is 24.3 Å². The van der Waals surface area contributed by atoms with Gasteiger partial charge in [0.1, 0.15) is 0 Å². The van der Waals surface area contributed by atoms with Crippen LogP contribution in [0, 0.1) is 11.8 Å². The molecule has 2 unspecified atom stereocenters. The number of hydrogen-bond donors (Lipinski definition) is 2. The van der Waals surface area contributed by atoms with Crippen LogP contribution in [0.3, 0.4) is 0 Å². The van der Waals surface area contributed by atoms with Gasteiger partial charge < -0.3 is 15.5 Å². The summed E-state index contributed by atoms with van der Waals surface area (Å²) in [6, 6.07) is 6.89. The van der Waals surface area contributed by atoms with Crippen molar-refractivity contribution >= 4 is 23.4 Å². The second-order valence-electron chi connectivity index (χ2n) is 6.98. The predicted octanol–water partition coefficient (Wildman–Crippen LogP) is 2.02. The molecule has 1 aliphatic carbocycles. The number of likely N-dealkylation sites (tertiary alicyclic amines) is 1. The van der Waals surface area contributed by atoms with Gasteiger partial charge in [-0.05, 0) is 43.4 Å². The van der Waals surface area contributed by atoms with Crippen molar-refractivity contribution in [3.63, 3.8) is 0 Å². The summed E-state index contributed by atoms with van der Waals surface area (Å²) in [4.78, 5) is 38.0. The number of carbonyl (C=O) groups is 3. The molecule has 0 radical (unpaired) electrons. The van der Waals surface area contributed by atoms with Crippen molar-refractivity contribution in [2.45, 2.75) is 32.6 Å². The van der Waals surface area contributed by atoms with Gasteiger partial charge in [-0.2, -0.15) is 0 Å². The standard InChI is InChI=1S/C19H25N3O3/c1-13-11-16(13)19(25)21-15-6-4-5-14(12-15)18(24)20-8-7-17(23)22-9-2-3-10-22/h4-6,12-13,16H,2-3,7-11H2,1H3,(H,20,24)(H,21,25). The molecule has 1 aromatic carbocycles. The smallest absolute Gasteiger partial charge is 0.251 e. The van der Waals surface area contributed by atoms with Crippen molar-refractivity contribution in [2.24, 2.45) is 11.8 Å². The van der Waals surface area contributed by atoms with Crippen LogP contribution in [0.4, 0.5) is 5.69 Å². The Morgan fingerprint density at radius 1 is 1.20 bits per heavy atom. The summed E-state index contributed by atoms with van der Waals surface area (Å²) in [7, 11) is 0. The molecule has 1 heterocycles. The Kier molecular flexibility index (Phi) is 5.36. The summed E-state index contributed by atoms with van der Waals surface area (Å²) in [5.74, 6) is 0.414. The minimum atomic E-state index is -0.231. The molecular weight excluding hydrogens is 318 g/mol. The first-order valence-electron chi connectivity index (χ1n) is 9.01. The Morgan fingerprint density at radius 3 is 2.60 bits per heavy atom. The Morgan fingerprint density at radius 2 is 1.92 bits per heavy atom. The van der Waals surface area contributed by atoms with Gasteiger partial charge in [-0.1, -0.05) is 13.0 Å². The molecule has 3 rings (SSSR count). The third-order valence-electron chi connectivity index (χ3n) is 4.92. The number of nitrogens with one attached hydrogen (secondary N) is 2. The topological polar surface area (TPSA) is 78.5 Å². The van der Waals surface area contributed by atoms with Crippen molar-refractivity contribution in [3.05, 3.63) is 29.8 Å². The van der Waals surface area contributed by atoms with E-state index >= 15 is 0 Å². The fourth-order valence-corrected chi connectivity index (χ4v) is 3.17. The molecule has 25 heavy (non-hydrogen) atoms. The first kappa shape index (κ1) is 17.5. The maximum atomic E-state index is 12.2. The predicted molar refractivity (Wildman–Crippen MR) is 95.1 cm³/mol. The van der Waals surface area contributed by atoms with Crippen molar-refractivity contribution in [1.82, 2.24) is 10.2 Å². The summed E-state index contributed by atoms with van der Waals surface area (Å²) < 4.78 is 0. The summed E-state index contributed by atoms with van der Waals surface area (Å²) >= 11 is 0. The second kappa shape index (κ2) is 7.68. The van der Waals surface area contributed by atoms with E-state index in [0.29, 0.717) is 30.1 Å². The largest absolute Gasteiger partial charge is 0.352 e. The Labute approximate surface area is 148 Å². The van der Waals surface area contributed by atoms with Crippen LogP contribution in [-0.2, 0) is 9.59 Å². The van der Waals surface area contributed by atoms with Crippen LogP contribution in [-0.4, -0.2) is 42.3 Å². The van der Waals surface area contributed by atoms with Crippen molar-refractivity contribution < 1.29 is 14.4 Å². The summed E-state index contributed by atoms with van der Waals surface area (Å²) in [5.41, 5.74) is 1.11. The summed E-state index contributed by atoms with van der Waals surface area (Å²) in [5, 5.41) is 5.64. The average Bonchev–Trinajstić information content (AvgIpc) is 3.10. The zero-order chi connectivity index (χ0) is 17.8. The van der Waals surface area contributed by atoms with Gasteiger partial charge in [0.15, 0.2) is 0 Å². The molecule has 1 aromatic rings. The van der Waals surface area contributed by atoms with E-state index < -0.39 is 0 Å². The maximum Gasteiger partial charge on any atom is 0.251 e. The first-order valence-corrected chi connectivity index (χ1v) is 9.01. The number of carbonyl (C=O) groups excluding carboxylic acids is 3. The highest BCUT2D eigenvalue weighted by Gasteiger charge is 2.39. The van der Waals surface area contributed by atoms with Gasteiger partial charge in [0.25, 0.3) is 5.91 Å². The highest BCUT2D eigenvalue weighted by Crippen LogP contribution is 2.38. The summed E-state index contributed by atoms with van der Waals surface area (Å²) in [6.07, 6.45) is 3.38. The van der Waals surface area contributed by atoms with Gasteiger partial charge in [-0.15, -0.1) is 0 Å². The molecule has 134 valence electrons. The Bertz CT molecular complexity index is 668.